The third-order valence-electron chi connectivity index (χ3n) is 3.24. The topological polar surface area (TPSA) is 55.8 Å². The van der Waals surface area contributed by atoms with E-state index in [9.17, 15) is 9.59 Å². The number of carbonyl (C=O) groups excluding carboxylic acids is 2. The summed E-state index contributed by atoms with van der Waals surface area (Å²) in [4.78, 5) is 24.4. The maximum absolute atomic E-state index is 11.2. The van der Waals surface area contributed by atoms with Gasteiger partial charge in [-0.2, -0.15) is 0 Å². The average molecular weight is 229 g/mol. The molecule has 0 N–H and O–H groups in total. The minimum Gasteiger partial charge on any atom is -0.469 e. The molecule has 0 bridgehead atoms. The molecule has 16 heavy (non-hydrogen) atoms. The molecule has 0 aromatic rings. The van der Waals surface area contributed by atoms with Gasteiger partial charge in [-0.1, -0.05) is 0 Å². The zero-order valence-electron chi connectivity index (χ0n) is 10.1. The van der Waals surface area contributed by atoms with Gasteiger partial charge in [0.1, 0.15) is 0 Å². The average Bonchev–Trinajstić information content (AvgIpc) is 2.61. The third-order valence-corrected chi connectivity index (χ3v) is 3.24. The molecule has 0 saturated carbocycles. The molecule has 0 aliphatic carbocycles. The van der Waals surface area contributed by atoms with Crippen molar-refractivity contribution in [2.24, 2.45) is 0 Å². The highest BCUT2D eigenvalue weighted by molar-refractivity contribution is 5.71. The first-order chi connectivity index (χ1) is 7.58. The van der Waals surface area contributed by atoms with Gasteiger partial charge in [0, 0.05) is 12.1 Å². The van der Waals surface area contributed by atoms with Gasteiger partial charge < -0.3 is 9.47 Å². The van der Waals surface area contributed by atoms with Crippen LogP contribution in [0, 0.1) is 0 Å². The summed E-state index contributed by atoms with van der Waals surface area (Å²) < 4.78 is 9.28. The standard InChI is InChI=1S/C11H19NO4/c1-12-8(6-10(13)15-2)4-5-9(12)7-11(14)16-3/h8-9H,4-7H2,1-3H3. The van der Waals surface area contributed by atoms with E-state index in [1.165, 1.54) is 14.2 Å². The van der Waals surface area contributed by atoms with Gasteiger partial charge in [0.2, 0.25) is 0 Å². The molecular weight excluding hydrogens is 210 g/mol. The van der Waals surface area contributed by atoms with Gasteiger partial charge in [0.25, 0.3) is 0 Å². The number of esters is 2. The molecular formula is C11H19NO4. The van der Waals surface area contributed by atoms with Crippen molar-refractivity contribution in [1.82, 2.24) is 4.90 Å². The van der Waals surface area contributed by atoms with Crippen LogP contribution < -0.4 is 0 Å². The second-order valence-corrected chi connectivity index (χ2v) is 4.11. The van der Waals surface area contributed by atoms with Crippen LogP contribution in [0.15, 0.2) is 0 Å². The molecule has 1 fully saturated rings. The van der Waals surface area contributed by atoms with Crippen LogP contribution in [-0.2, 0) is 19.1 Å². The molecule has 0 radical (unpaired) electrons. The molecule has 92 valence electrons. The van der Waals surface area contributed by atoms with Crippen LogP contribution in [0.4, 0.5) is 0 Å². The first-order valence-electron chi connectivity index (χ1n) is 5.44. The van der Waals surface area contributed by atoms with E-state index in [2.05, 4.69) is 14.4 Å². The Balaban J connectivity index is 2.44. The zero-order chi connectivity index (χ0) is 12.1. The largest absolute Gasteiger partial charge is 0.469 e. The van der Waals surface area contributed by atoms with Gasteiger partial charge in [0.15, 0.2) is 0 Å². The Bertz CT molecular complexity index is 241. The van der Waals surface area contributed by atoms with E-state index in [1.807, 2.05) is 7.05 Å². The van der Waals surface area contributed by atoms with Crippen molar-refractivity contribution < 1.29 is 19.1 Å². The summed E-state index contributed by atoms with van der Waals surface area (Å²) in [7, 11) is 4.72. The Labute approximate surface area is 95.7 Å². The number of hydrogen-bond acceptors (Lipinski definition) is 5. The molecule has 0 amide bonds. The highest BCUT2D eigenvalue weighted by Crippen LogP contribution is 2.26. The van der Waals surface area contributed by atoms with Gasteiger partial charge in [-0.05, 0) is 19.9 Å². The van der Waals surface area contributed by atoms with Gasteiger partial charge >= 0.3 is 11.9 Å². The lowest BCUT2D eigenvalue weighted by atomic mass is 10.1. The molecule has 0 aromatic heterocycles. The highest BCUT2D eigenvalue weighted by atomic mass is 16.5. The molecule has 1 aliphatic rings. The van der Waals surface area contributed by atoms with E-state index in [1.54, 1.807) is 0 Å². The molecule has 1 saturated heterocycles. The van der Waals surface area contributed by atoms with Gasteiger partial charge in [-0.15, -0.1) is 0 Å². The molecule has 5 nitrogen and oxygen atoms in total. The minimum atomic E-state index is -0.199. The first kappa shape index (κ1) is 13.0. The van der Waals surface area contributed by atoms with Crippen molar-refractivity contribution in [1.29, 1.82) is 0 Å². The molecule has 2 unspecified atom stereocenters. The number of methoxy groups -OCH3 is 2. The van der Waals surface area contributed by atoms with E-state index in [0.717, 1.165) is 12.8 Å². The van der Waals surface area contributed by atoms with Crippen molar-refractivity contribution >= 4 is 11.9 Å². The van der Waals surface area contributed by atoms with Gasteiger partial charge in [0.05, 0.1) is 27.1 Å². The summed E-state index contributed by atoms with van der Waals surface area (Å²) in [6, 6.07) is 0.365. The van der Waals surface area contributed by atoms with Crippen molar-refractivity contribution in [2.45, 2.75) is 37.8 Å². The van der Waals surface area contributed by atoms with Gasteiger partial charge in [-0.3, -0.25) is 14.5 Å². The fourth-order valence-electron chi connectivity index (χ4n) is 2.13. The predicted molar refractivity (Wildman–Crippen MR) is 57.8 cm³/mol. The van der Waals surface area contributed by atoms with Crippen LogP contribution in [0.25, 0.3) is 0 Å². The van der Waals surface area contributed by atoms with Crippen molar-refractivity contribution in [2.75, 3.05) is 21.3 Å². The number of nitrogens with zero attached hydrogens (tertiary/aromatic N) is 1. The van der Waals surface area contributed by atoms with Crippen LogP contribution in [-0.4, -0.2) is 50.2 Å². The van der Waals surface area contributed by atoms with Crippen molar-refractivity contribution in [3.63, 3.8) is 0 Å². The fourth-order valence-corrected chi connectivity index (χ4v) is 2.13. The number of carbonyl (C=O) groups is 2. The molecule has 2 atom stereocenters. The van der Waals surface area contributed by atoms with E-state index >= 15 is 0 Å². The summed E-state index contributed by atoms with van der Waals surface area (Å²) in [5.41, 5.74) is 0. The van der Waals surface area contributed by atoms with Crippen molar-refractivity contribution in [3.05, 3.63) is 0 Å². The molecule has 1 rings (SSSR count). The molecule has 0 spiro atoms. The Morgan fingerprint density at radius 2 is 1.44 bits per heavy atom. The lowest BCUT2D eigenvalue weighted by Crippen LogP contribution is -2.35. The minimum absolute atomic E-state index is 0.183. The van der Waals surface area contributed by atoms with E-state index in [4.69, 9.17) is 0 Å². The number of ether oxygens (including phenoxy) is 2. The first-order valence-corrected chi connectivity index (χ1v) is 5.44. The second-order valence-electron chi connectivity index (χ2n) is 4.11. The van der Waals surface area contributed by atoms with Crippen LogP contribution in [0.5, 0.6) is 0 Å². The molecule has 5 heteroatoms. The number of likely N-dealkylation sites (tertiary alicyclic amines) is 1. The van der Waals surface area contributed by atoms with E-state index < -0.39 is 0 Å². The normalized spacial score (nSPS) is 25.4. The van der Waals surface area contributed by atoms with Crippen LogP contribution >= 0.6 is 0 Å². The maximum Gasteiger partial charge on any atom is 0.307 e. The third kappa shape index (κ3) is 3.20. The smallest absolute Gasteiger partial charge is 0.307 e. The Hall–Kier alpha value is -1.10. The summed E-state index contributed by atoms with van der Waals surface area (Å²) in [6.45, 7) is 0. The van der Waals surface area contributed by atoms with Gasteiger partial charge in [-0.25, -0.2) is 0 Å². The van der Waals surface area contributed by atoms with Crippen molar-refractivity contribution in [3.8, 4) is 0 Å². The second kappa shape index (κ2) is 5.84. The summed E-state index contributed by atoms with van der Waals surface area (Å²) in [5.74, 6) is -0.397. The quantitative estimate of drug-likeness (QED) is 0.660. The summed E-state index contributed by atoms with van der Waals surface area (Å²) in [6.07, 6.45) is 2.63. The Kier molecular flexibility index (Phi) is 4.73. The summed E-state index contributed by atoms with van der Waals surface area (Å²) >= 11 is 0. The van der Waals surface area contributed by atoms with Crippen LogP contribution in [0.3, 0.4) is 0 Å². The molecule has 0 aromatic carbocycles. The molecule has 1 heterocycles. The van der Waals surface area contributed by atoms with Crippen LogP contribution in [0.2, 0.25) is 0 Å². The Morgan fingerprint density at radius 1 is 1.06 bits per heavy atom. The zero-order valence-corrected chi connectivity index (χ0v) is 10.1. The lowest BCUT2D eigenvalue weighted by molar-refractivity contribution is -0.142. The number of rotatable bonds is 4. The Morgan fingerprint density at radius 3 is 1.75 bits per heavy atom. The lowest BCUT2D eigenvalue weighted by Gasteiger charge is -2.24. The fraction of sp³-hybridized carbons (Fsp3) is 0.818. The highest BCUT2D eigenvalue weighted by Gasteiger charge is 2.33. The van der Waals surface area contributed by atoms with E-state index in [0.29, 0.717) is 12.8 Å². The van der Waals surface area contributed by atoms with Crippen LogP contribution in [0.1, 0.15) is 25.7 Å². The SMILES string of the molecule is COC(=O)CC1CCC(CC(=O)OC)N1C. The van der Waals surface area contributed by atoms with E-state index in [-0.39, 0.29) is 24.0 Å². The maximum atomic E-state index is 11.2. The summed E-state index contributed by atoms with van der Waals surface area (Å²) in [5, 5.41) is 0. The number of hydrogen-bond donors (Lipinski definition) is 0. The monoisotopic (exact) mass is 229 g/mol. The molecule has 1 aliphatic heterocycles. The predicted octanol–water partition coefficient (Wildman–Crippen LogP) is 0.575.